The zero-order chi connectivity index (χ0) is 56.8. The Balaban J connectivity index is 0.803. The summed E-state index contributed by atoms with van der Waals surface area (Å²) in [6.45, 7) is 4.72. The predicted molar refractivity (Wildman–Crippen MR) is 366 cm³/mol. The zero-order valence-corrected chi connectivity index (χ0v) is 49.1. The smallest absolute Gasteiger partial charge is 0.0725 e. The van der Waals surface area contributed by atoms with Crippen LogP contribution in [-0.4, -0.2) is 0 Å². The summed E-state index contributed by atoms with van der Waals surface area (Å²) < 4.78 is 5.14. The molecule has 0 amide bonds. The van der Waals surface area contributed by atoms with E-state index in [4.69, 9.17) is 0 Å². The van der Waals surface area contributed by atoms with E-state index in [2.05, 4.69) is 315 Å². The predicted octanol–water partition coefficient (Wildman–Crippen LogP) is 23.3. The molecule has 2 heterocycles. The lowest BCUT2D eigenvalue weighted by molar-refractivity contribution is 0.660. The summed E-state index contributed by atoms with van der Waals surface area (Å²) in [6, 6.07) is 110. The number of nitrogens with zero attached hydrogens (tertiary/aromatic N) is 2. The topological polar surface area (TPSA) is 6.48 Å². The van der Waals surface area contributed by atoms with Crippen LogP contribution in [0.25, 0.3) is 96.0 Å². The number of anilines is 6. The lowest BCUT2D eigenvalue weighted by atomic mass is 9.70. The summed E-state index contributed by atoms with van der Waals surface area (Å²) in [5.41, 5.74) is 27.0. The van der Waals surface area contributed by atoms with Gasteiger partial charge in [-0.1, -0.05) is 220 Å². The van der Waals surface area contributed by atoms with Crippen molar-refractivity contribution in [2.24, 2.45) is 0 Å². The van der Waals surface area contributed by atoms with E-state index in [-0.39, 0.29) is 5.41 Å². The van der Waals surface area contributed by atoms with Gasteiger partial charge in [0.1, 0.15) is 0 Å². The van der Waals surface area contributed by atoms with Crippen molar-refractivity contribution in [3.8, 4) is 55.6 Å². The van der Waals surface area contributed by atoms with Crippen LogP contribution in [0.1, 0.15) is 47.2 Å². The van der Waals surface area contributed by atoms with Crippen LogP contribution in [0.2, 0.25) is 0 Å². The molecule has 1 spiro atoms. The van der Waals surface area contributed by atoms with E-state index < -0.39 is 5.41 Å². The molecule has 2 nitrogen and oxygen atoms in total. The second-order valence-electron chi connectivity index (χ2n) is 23.9. The van der Waals surface area contributed by atoms with Gasteiger partial charge in [0, 0.05) is 91.0 Å². The van der Waals surface area contributed by atoms with E-state index in [0.29, 0.717) is 0 Å². The normalized spacial score (nSPS) is 13.7. The molecule has 0 saturated carbocycles. The van der Waals surface area contributed by atoms with Crippen LogP contribution in [-0.2, 0) is 10.8 Å². The SMILES string of the molecule is CC1(C)c2ccccc2-c2cc(N(c3ccccc3)c3cc(-c4ccc(-c5cc(N(c6ccccc6)c6ccc7c(c6)-c6ccccc6C76c7ccccc7-c7ccccc76)cc6c5sc5ccccc56)cc4)c4sc5ccccc5c4c3)ccc21. The van der Waals surface area contributed by atoms with E-state index in [1.807, 2.05) is 22.7 Å². The molecule has 3 aliphatic carbocycles. The quantitative estimate of drug-likeness (QED) is 0.150. The molecular weight excluding hydrogens is 1080 g/mol. The van der Waals surface area contributed by atoms with Crippen LogP contribution in [0, 0.1) is 0 Å². The van der Waals surface area contributed by atoms with Crippen molar-refractivity contribution in [2.45, 2.75) is 24.7 Å². The third kappa shape index (κ3) is 7.06. The molecule has 3 aliphatic rings. The fourth-order valence-corrected chi connectivity index (χ4v) is 17.7. The van der Waals surface area contributed by atoms with Crippen LogP contribution in [0.15, 0.2) is 291 Å². The number of rotatable bonds is 8. The first-order chi connectivity index (χ1) is 42.4. The molecule has 13 aromatic carbocycles. The first-order valence-corrected chi connectivity index (χ1v) is 31.4. The minimum absolute atomic E-state index is 0.0849. The van der Waals surface area contributed by atoms with Gasteiger partial charge in [-0.3, -0.25) is 0 Å². The van der Waals surface area contributed by atoms with E-state index in [1.54, 1.807) is 0 Å². The van der Waals surface area contributed by atoms with Crippen molar-refractivity contribution in [2.75, 3.05) is 9.80 Å². The molecule has 2 aromatic heterocycles. The minimum atomic E-state index is -0.415. The maximum atomic E-state index is 2.48. The number of hydrogen-bond donors (Lipinski definition) is 0. The molecule has 4 heteroatoms. The number of hydrogen-bond acceptors (Lipinski definition) is 4. The van der Waals surface area contributed by atoms with Crippen molar-refractivity contribution < 1.29 is 0 Å². The first-order valence-electron chi connectivity index (χ1n) is 29.8. The molecule has 18 rings (SSSR count). The monoisotopic (exact) mass is 1130 g/mol. The van der Waals surface area contributed by atoms with Gasteiger partial charge in [0.15, 0.2) is 0 Å². The molecule has 0 fully saturated rings. The Morgan fingerprint density at radius 3 is 1.06 bits per heavy atom. The molecule has 86 heavy (non-hydrogen) atoms. The second-order valence-corrected chi connectivity index (χ2v) is 26.0. The van der Waals surface area contributed by atoms with E-state index in [9.17, 15) is 0 Å². The Bertz CT molecular complexity index is 5230. The highest BCUT2D eigenvalue weighted by Gasteiger charge is 2.51. The fraction of sp³-hybridized carbons (Fsp3) is 0.0488. The van der Waals surface area contributed by atoms with Crippen LogP contribution >= 0.6 is 22.7 Å². The van der Waals surface area contributed by atoms with Gasteiger partial charge in [0.25, 0.3) is 0 Å². The summed E-state index contributed by atoms with van der Waals surface area (Å²) in [5.74, 6) is 0. The van der Waals surface area contributed by atoms with Gasteiger partial charge in [0.2, 0.25) is 0 Å². The van der Waals surface area contributed by atoms with Crippen molar-refractivity contribution >= 4 is 97.1 Å². The minimum Gasteiger partial charge on any atom is -0.310 e. The summed E-state index contributed by atoms with van der Waals surface area (Å²) in [7, 11) is 0. The van der Waals surface area contributed by atoms with Crippen LogP contribution in [0.4, 0.5) is 34.1 Å². The zero-order valence-electron chi connectivity index (χ0n) is 47.4. The molecule has 0 atom stereocenters. The van der Waals surface area contributed by atoms with Gasteiger partial charge in [-0.25, -0.2) is 0 Å². The average Bonchev–Trinajstić information content (AvgIpc) is 1.56. The van der Waals surface area contributed by atoms with Gasteiger partial charge >= 0.3 is 0 Å². The van der Waals surface area contributed by atoms with Crippen molar-refractivity contribution in [3.63, 3.8) is 0 Å². The lowest BCUT2D eigenvalue weighted by Crippen LogP contribution is -2.25. The van der Waals surface area contributed by atoms with Crippen molar-refractivity contribution in [1.29, 1.82) is 0 Å². The molecule has 0 unspecified atom stereocenters. The molecule has 0 bridgehead atoms. The molecule has 0 radical (unpaired) electrons. The highest BCUT2D eigenvalue weighted by Crippen LogP contribution is 2.63. The Morgan fingerprint density at radius 2 is 0.581 bits per heavy atom. The Labute approximate surface area is 508 Å². The maximum Gasteiger partial charge on any atom is 0.0725 e. The fourth-order valence-electron chi connectivity index (χ4n) is 15.3. The van der Waals surface area contributed by atoms with Gasteiger partial charge in [0.05, 0.1) is 5.41 Å². The standard InChI is InChI=1S/C82H54N2S2/c1-81(2)71-31-15-9-27-61(71)67-45-55(41-43-72(67)81)83(53-21-5-3-6-22-53)57-47-65(79-69(49-57)63-29-13-19-35-77(63)85-79)51-37-39-52(40-38-51)66-48-58(50-70-64-30-14-20-36-78(64)86-80(66)70)84(54-23-7-4-8-24-54)56-42-44-76-68(46-56)62-28-12-18-34-75(62)82(76)73-32-16-10-25-59(73)60-26-11-17-33-74(60)82/h3-50H,1-2H3. The molecule has 0 aliphatic heterocycles. The van der Waals surface area contributed by atoms with Crippen LogP contribution in [0.3, 0.4) is 0 Å². The number of para-hydroxylation sites is 2. The summed E-state index contributed by atoms with van der Waals surface area (Å²) in [6.07, 6.45) is 0. The lowest BCUT2D eigenvalue weighted by Gasteiger charge is -2.31. The highest BCUT2D eigenvalue weighted by atomic mass is 32.1. The molecule has 0 saturated heterocycles. The van der Waals surface area contributed by atoms with Gasteiger partial charge < -0.3 is 9.80 Å². The van der Waals surface area contributed by atoms with Crippen molar-refractivity contribution in [3.05, 3.63) is 325 Å². The van der Waals surface area contributed by atoms with E-state index >= 15 is 0 Å². The summed E-state index contributed by atoms with van der Waals surface area (Å²) >= 11 is 3.78. The number of benzene rings is 13. The second kappa shape index (κ2) is 18.7. The third-order valence-electron chi connectivity index (χ3n) is 19.0. The highest BCUT2D eigenvalue weighted by molar-refractivity contribution is 7.26. The summed E-state index contributed by atoms with van der Waals surface area (Å²) in [4.78, 5) is 4.95. The van der Waals surface area contributed by atoms with Crippen LogP contribution < -0.4 is 9.80 Å². The van der Waals surface area contributed by atoms with Gasteiger partial charge in [-0.15, -0.1) is 22.7 Å². The number of fused-ring (bicyclic) bond motifs is 19. The van der Waals surface area contributed by atoms with Gasteiger partial charge in [-0.05, 0) is 163 Å². The van der Waals surface area contributed by atoms with Crippen molar-refractivity contribution in [1.82, 2.24) is 0 Å². The number of thiophene rings is 2. The third-order valence-corrected chi connectivity index (χ3v) is 21.5. The molecule has 404 valence electrons. The largest absolute Gasteiger partial charge is 0.310 e. The first kappa shape index (κ1) is 49.3. The van der Waals surface area contributed by atoms with E-state index in [1.165, 1.54) is 129 Å². The van der Waals surface area contributed by atoms with Crippen LogP contribution in [0.5, 0.6) is 0 Å². The summed E-state index contributed by atoms with van der Waals surface area (Å²) in [5, 5.41) is 5.07. The Morgan fingerprint density at radius 1 is 0.244 bits per heavy atom. The molecule has 0 N–H and O–H groups in total. The Hall–Kier alpha value is -10.1. The maximum absolute atomic E-state index is 2.48. The molecular formula is C82H54N2S2. The van der Waals surface area contributed by atoms with E-state index in [0.717, 1.165) is 34.1 Å². The molecule has 15 aromatic rings. The Kier molecular flexibility index (Phi) is 10.7. The average molecular weight is 1130 g/mol. The van der Waals surface area contributed by atoms with Gasteiger partial charge in [-0.2, -0.15) is 0 Å².